The third-order valence-corrected chi connectivity index (χ3v) is 6.54. The van der Waals surface area contributed by atoms with Crippen molar-refractivity contribution in [1.29, 1.82) is 0 Å². The lowest BCUT2D eigenvalue weighted by Gasteiger charge is -2.24. The molecule has 1 atom stereocenters. The summed E-state index contributed by atoms with van der Waals surface area (Å²) in [6.45, 7) is 1.94. The SMILES string of the molecule is COc1ccc(NC(=O)C2NC(=O)c3ccccc3C2=O)c(Cl)c1COc1cccc2ccc(C)nc12. The van der Waals surface area contributed by atoms with E-state index in [9.17, 15) is 14.4 Å². The van der Waals surface area contributed by atoms with E-state index in [0.717, 1.165) is 11.1 Å². The van der Waals surface area contributed by atoms with E-state index in [1.807, 2.05) is 37.3 Å². The second kappa shape index (κ2) is 9.91. The van der Waals surface area contributed by atoms with Gasteiger partial charge in [-0.3, -0.25) is 14.4 Å². The van der Waals surface area contributed by atoms with Crippen LogP contribution in [-0.2, 0) is 11.4 Å². The molecule has 186 valence electrons. The van der Waals surface area contributed by atoms with Crippen LogP contribution in [0.2, 0.25) is 5.02 Å². The number of rotatable bonds is 6. The number of hydrogen-bond acceptors (Lipinski definition) is 6. The summed E-state index contributed by atoms with van der Waals surface area (Å²) in [5, 5.41) is 6.25. The molecule has 4 aromatic rings. The van der Waals surface area contributed by atoms with Crippen LogP contribution in [0.5, 0.6) is 11.5 Å². The highest BCUT2D eigenvalue weighted by atomic mass is 35.5. The number of ether oxygens (including phenoxy) is 2. The molecule has 2 amide bonds. The molecule has 0 spiro atoms. The van der Waals surface area contributed by atoms with Crippen molar-refractivity contribution in [2.75, 3.05) is 12.4 Å². The third-order valence-electron chi connectivity index (χ3n) is 6.11. The van der Waals surface area contributed by atoms with E-state index < -0.39 is 23.6 Å². The van der Waals surface area contributed by atoms with Crippen LogP contribution in [0.3, 0.4) is 0 Å². The minimum atomic E-state index is -1.38. The molecule has 1 aromatic heterocycles. The summed E-state index contributed by atoms with van der Waals surface area (Å²) in [7, 11) is 1.50. The number of para-hydroxylation sites is 1. The number of anilines is 1. The van der Waals surface area contributed by atoms with Crippen molar-refractivity contribution in [2.45, 2.75) is 19.6 Å². The summed E-state index contributed by atoms with van der Waals surface area (Å²) in [5.74, 6) is -0.671. The number of fused-ring (bicyclic) bond motifs is 2. The van der Waals surface area contributed by atoms with E-state index in [1.54, 1.807) is 24.3 Å². The number of hydrogen-bond donors (Lipinski definition) is 2. The van der Waals surface area contributed by atoms with Gasteiger partial charge >= 0.3 is 0 Å². The van der Waals surface area contributed by atoms with Crippen LogP contribution in [0.25, 0.3) is 10.9 Å². The van der Waals surface area contributed by atoms with E-state index in [2.05, 4.69) is 15.6 Å². The van der Waals surface area contributed by atoms with Gasteiger partial charge in [0.05, 0.1) is 28.9 Å². The fourth-order valence-electron chi connectivity index (χ4n) is 4.22. The van der Waals surface area contributed by atoms with Gasteiger partial charge in [0, 0.05) is 16.6 Å². The molecule has 1 aliphatic heterocycles. The van der Waals surface area contributed by atoms with Gasteiger partial charge in [-0.15, -0.1) is 0 Å². The molecule has 2 heterocycles. The fraction of sp³-hybridized carbons (Fsp3) is 0.143. The Labute approximate surface area is 217 Å². The second-order valence-corrected chi connectivity index (χ2v) is 8.86. The number of nitrogens with zero attached hydrogens (tertiary/aromatic N) is 1. The second-order valence-electron chi connectivity index (χ2n) is 8.48. The highest BCUT2D eigenvalue weighted by molar-refractivity contribution is 6.35. The van der Waals surface area contributed by atoms with Crippen LogP contribution < -0.4 is 20.1 Å². The number of benzene rings is 3. The van der Waals surface area contributed by atoms with Crippen molar-refractivity contribution in [3.8, 4) is 11.5 Å². The standard InChI is InChI=1S/C28H22ClN3O5/c1-15-10-11-16-6-5-9-22(24(16)30-15)37-14-19-21(36-2)13-12-20(23(19)29)31-28(35)25-26(33)17-7-3-4-8-18(17)27(34)32-25/h3-13,25H,14H2,1-2H3,(H,31,35)(H,32,34). The summed E-state index contributed by atoms with van der Waals surface area (Å²) in [6.07, 6.45) is 0. The average molecular weight is 516 g/mol. The zero-order valence-corrected chi connectivity index (χ0v) is 20.8. The molecule has 0 saturated heterocycles. The molecule has 3 aromatic carbocycles. The van der Waals surface area contributed by atoms with Gasteiger partial charge in [0.2, 0.25) is 0 Å². The van der Waals surface area contributed by atoms with Crippen molar-refractivity contribution in [1.82, 2.24) is 10.3 Å². The topological polar surface area (TPSA) is 107 Å². The predicted octanol–water partition coefficient (Wildman–Crippen LogP) is 4.72. The Kier molecular flexibility index (Phi) is 6.50. The largest absolute Gasteiger partial charge is 0.496 e. The first-order valence-corrected chi connectivity index (χ1v) is 11.8. The summed E-state index contributed by atoms with van der Waals surface area (Å²) in [4.78, 5) is 42.9. The van der Waals surface area contributed by atoms with Gasteiger partial charge < -0.3 is 20.1 Å². The Morgan fingerprint density at radius 2 is 1.78 bits per heavy atom. The van der Waals surface area contributed by atoms with Gasteiger partial charge in [-0.2, -0.15) is 0 Å². The lowest BCUT2D eigenvalue weighted by molar-refractivity contribution is -0.117. The Balaban J connectivity index is 1.40. The van der Waals surface area contributed by atoms with Gasteiger partial charge in [0.1, 0.15) is 23.6 Å². The van der Waals surface area contributed by atoms with Crippen LogP contribution in [-0.4, -0.2) is 35.7 Å². The van der Waals surface area contributed by atoms with Crippen LogP contribution in [0, 0.1) is 6.92 Å². The van der Waals surface area contributed by atoms with Crippen molar-refractivity contribution in [2.24, 2.45) is 0 Å². The highest BCUT2D eigenvalue weighted by Crippen LogP contribution is 2.35. The molecule has 0 aliphatic carbocycles. The van der Waals surface area contributed by atoms with E-state index in [1.165, 1.54) is 19.2 Å². The smallest absolute Gasteiger partial charge is 0.255 e. The van der Waals surface area contributed by atoms with E-state index in [0.29, 0.717) is 22.6 Å². The van der Waals surface area contributed by atoms with Gasteiger partial charge in [0.25, 0.3) is 11.8 Å². The Morgan fingerprint density at radius 1 is 1.00 bits per heavy atom. The molecule has 9 heteroatoms. The van der Waals surface area contributed by atoms with E-state index in [-0.39, 0.29) is 28.4 Å². The minimum absolute atomic E-state index is 0.0346. The Hall–Kier alpha value is -4.43. The monoisotopic (exact) mass is 515 g/mol. The maximum atomic E-state index is 13.0. The number of carbonyl (C=O) groups is 3. The van der Waals surface area contributed by atoms with E-state index >= 15 is 0 Å². The van der Waals surface area contributed by atoms with Crippen LogP contribution in [0.1, 0.15) is 32.0 Å². The molecule has 0 fully saturated rings. The number of amides is 2. The summed E-state index contributed by atoms with van der Waals surface area (Å²) in [5.41, 5.74) is 2.75. The Bertz CT molecular complexity index is 1570. The zero-order chi connectivity index (χ0) is 26.1. The van der Waals surface area contributed by atoms with Gasteiger partial charge in [-0.05, 0) is 37.3 Å². The number of Topliss-reactive ketones (excluding diaryl/α,β-unsaturated/α-hetero) is 1. The maximum absolute atomic E-state index is 13.0. The molecule has 1 unspecified atom stereocenters. The molecule has 2 N–H and O–H groups in total. The first kappa shape index (κ1) is 24.3. The van der Waals surface area contributed by atoms with Gasteiger partial charge in [-0.1, -0.05) is 48.0 Å². The summed E-state index contributed by atoms with van der Waals surface area (Å²) >= 11 is 6.67. The van der Waals surface area contributed by atoms with Crippen LogP contribution >= 0.6 is 11.6 Å². The molecule has 5 rings (SSSR count). The van der Waals surface area contributed by atoms with Gasteiger partial charge in [-0.25, -0.2) is 4.98 Å². The number of carbonyl (C=O) groups excluding carboxylic acids is 3. The average Bonchev–Trinajstić information content (AvgIpc) is 2.91. The number of methoxy groups -OCH3 is 1. The number of pyridine rings is 1. The van der Waals surface area contributed by atoms with Crippen molar-refractivity contribution < 1.29 is 23.9 Å². The third kappa shape index (κ3) is 4.59. The molecule has 37 heavy (non-hydrogen) atoms. The van der Waals surface area contributed by atoms with Crippen molar-refractivity contribution >= 4 is 45.8 Å². The number of aryl methyl sites for hydroxylation is 1. The van der Waals surface area contributed by atoms with Gasteiger partial charge in [0.15, 0.2) is 11.8 Å². The predicted molar refractivity (Wildman–Crippen MR) is 139 cm³/mol. The molecule has 1 aliphatic rings. The number of ketones is 1. The maximum Gasteiger partial charge on any atom is 0.255 e. The zero-order valence-electron chi connectivity index (χ0n) is 20.0. The van der Waals surface area contributed by atoms with Crippen molar-refractivity contribution in [3.63, 3.8) is 0 Å². The first-order chi connectivity index (χ1) is 17.9. The molecular formula is C28H22ClN3O5. The Morgan fingerprint density at radius 3 is 2.57 bits per heavy atom. The molecule has 0 bridgehead atoms. The normalized spacial score (nSPS) is 14.6. The van der Waals surface area contributed by atoms with Crippen molar-refractivity contribution in [3.05, 3.63) is 94.1 Å². The summed E-state index contributed by atoms with van der Waals surface area (Å²) in [6, 6.07) is 17.7. The quantitative estimate of drug-likeness (QED) is 0.360. The molecular weight excluding hydrogens is 494 g/mol. The number of aromatic nitrogens is 1. The fourth-order valence-corrected chi connectivity index (χ4v) is 4.48. The highest BCUT2D eigenvalue weighted by Gasteiger charge is 2.36. The van der Waals surface area contributed by atoms with Crippen LogP contribution in [0.15, 0.2) is 66.7 Å². The molecule has 0 radical (unpaired) electrons. The molecule has 8 nitrogen and oxygen atoms in total. The lowest BCUT2D eigenvalue weighted by Crippen LogP contribution is -2.52. The van der Waals surface area contributed by atoms with Crippen LogP contribution in [0.4, 0.5) is 5.69 Å². The first-order valence-electron chi connectivity index (χ1n) is 11.5. The number of nitrogens with one attached hydrogen (secondary N) is 2. The molecule has 0 saturated carbocycles. The number of halogens is 1. The van der Waals surface area contributed by atoms with E-state index in [4.69, 9.17) is 21.1 Å². The minimum Gasteiger partial charge on any atom is -0.496 e. The lowest BCUT2D eigenvalue weighted by atomic mass is 9.93. The summed E-state index contributed by atoms with van der Waals surface area (Å²) < 4.78 is 11.5.